The maximum Gasteiger partial charge on any atom is 0.500 e. The molecule has 0 atom stereocenters. The summed E-state index contributed by atoms with van der Waals surface area (Å²) >= 11 is 0. The maximum atomic E-state index is 13.3. The molecule has 1 aliphatic heterocycles. The van der Waals surface area contributed by atoms with Crippen LogP contribution in [0.3, 0.4) is 0 Å². The summed E-state index contributed by atoms with van der Waals surface area (Å²) in [6.07, 6.45) is 14.3. The van der Waals surface area contributed by atoms with Crippen molar-refractivity contribution in [1.29, 1.82) is 0 Å². The topological polar surface area (TPSA) is 233 Å². The van der Waals surface area contributed by atoms with E-state index in [2.05, 4.69) is 76.5 Å². The molecule has 0 bridgehead atoms. The molecule has 0 aromatic carbocycles. The summed E-state index contributed by atoms with van der Waals surface area (Å²) in [4.78, 5) is 70.0. The Balaban J connectivity index is 2.43. The molecule has 0 spiro atoms. The van der Waals surface area contributed by atoms with Gasteiger partial charge in [0.25, 0.3) is 0 Å². The fraction of sp³-hybridized carbons (Fsp3) is 0.889. The number of urea groups is 4. The average molecular weight is 1010 g/mol. The molecule has 0 unspecified atom stereocenters. The minimum Gasteiger partial charge on any atom is -0.377 e. The predicted octanol–water partition coefficient (Wildman–Crippen LogP) is 6.15. The number of nitrogens with one attached hydrogen (secondary N) is 6. The second kappa shape index (κ2) is 35.9. The van der Waals surface area contributed by atoms with Crippen molar-refractivity contribution in [3.63, 3.8) is 0 Å². The molecule has 1 saturated heterocycles. The first kappa shape index (κ1) is 62.9. The number of hydrogen-bond acceptors (Lipinski definition) is 14. The Bertz CT molecular complexity index is 1380. The van der Waals surface area contributed by atoms with Gasteiger partial charge >= 0.3 is 41.7 Å². The van der Waals surface area contributed by atoms with Gasteiger partial charge in [-0.25, -0.2) is 24.1 Å². The minimum atomic E-state index is -2.67. The number of aliphatic imine (C=N–C) groups is 1. The maximum absolute atomic E-state index is 13.3. The lowest BCUT2D eigenvalue weighted by Gasteiger charge is -2.52. The van der Waals surface area contributed by atoms with E-state index in [4.69, 9.17) is 36.3 Å². The van der Waals surface area contributed by atoms with E-state index >= 15 is 0 Å². The van der Waals surface area contributed by atoms with E-state index in [0.717, 1.165) is 83.5 Å². The van der Waals surface area contributed by atoms with Gasteiger partial charge in [0.2, 0.25) is 6.40 Å². The standard InChI is InChI=1S/C45H93N9O12Si2/c1-44(2)36-39(37-45(3,4)53(44)5)66-65-38-46-26-18-12-13-21-29-51-42(57)54(33-23-17-16-20-28-48-41(56)50-32-25-35-68(62-9,63-10)64-11)43(58)52-30-22-15-14-19-27-47-40(55)49-31-24-34-67(59-6,60-7)61-8/h38-39H,12-37H2,1-11H3,(H,51,57)(H,52,58)(H2,47,49,55)(H2,48,50,56). The third-order valence-electron chi connectivity index (χ3n) is 12.6. The van der Waals surface area contributed by atoms with Crippen LogP contribution in [-0.4, -0.2) is 177 Å². The van der Waals surface area contributed by atoms with Crippen LogP contribution in [0.5, 0.6) is 0 Å². The molecule has 1 aliphatic rings. The molecule has 8 amide bonds. The molecule has 23 heteroatoms. The van der Waals surface area contributed by atoms with E-state index < -0.39 is 29.7 Å². The summed E-state index contributed by atoms with van der Waals surface area (Å²) in [6.45, 7) is 12.7. The molecule has 1 heterocycles. The number of unbranched alkanes of at least 4 members (excludes halogenated alkanes) is 9. The van der Waals surface area contributed by atoms with Crippen LogP contribution < -0.4 is 31.9 Å². The molecule has 398 valence electrons. The largest absolute Gasteiger partial charge is 0.500 e. The van der Waals surface area contributed by atoms with Crippen LogP contribution in [0.15, 0.2) is 4.99 Å². The lowest BCUT2D eigenvalue weighted by molar-refractivity contribution is -0.278. The number of likely N-dealkylation sites (tertiary alicyclic amines) is 1. The summed E-state index contributed by atoms with van der Waals surface area (Å²) in [5.41, 5.74) is 0.0228. The van der Waals surface area contributed by atoms with Gasteiger partial charge in [0.05, 0.1) is 0 Å². The molecule has 21 nitrogen and oxygen atoms in total. The number of imide groups is 1. The lowest BCUT2D eigenvalue weighted by Crippen LogP contribution is -2.60. The zero-order chi connectivity index (χ0) is 50.7. The molecule has 1 fully saturated rings. The quantitative estimate of drug-likeness (QED) is 0.0102. The van der Waals surface area contributed by atoms with Gasteiger partial charge in [0.1, 0.15) is 6.10 Å². The van der Waals surface area contributed by atoms with Gasteiger partial charge in [0.15, 0.2) is 0 Å². The van der Waals surface area contributed by atoms with Gasteiger partial charge in [-0.15, -0.1) is 0 Å². The van der Waals surface area contributed by atoms with Crippen LogP contribution in [0.25, 0.3) is 0 Å². The van der Waals surface area contributed by atoms with E-state index in [1.165, 1.54) is 11.3 Å². The molecule has 68 heavy (non-hydrogen) atoms. The van der Waals surface area contributed by atoms with Gasteiger partial charge in [0, 0.05) is 118 Å². The molecule has 0 saturated carbocycles. The second-order valence-electron chi connectivity index (χ2n) is 18.4. The number of piperidine rings is 1. The van der Waals surface area contributed by atoms with Gasteiger partial charge < -0.3 is 63.3 Å². The van der Waals surface area contributed by atoms with Gasteiger partial charge in [-0.2, -0.15) is 4.89 Å². The van der Waals surface area contributed by atoms with Crippen molar-refractivity contribution in [3.05, 3.63) is 0 Å². The Hall–Kier alpha value is -3.14. The first-order valence-corrected chi connectivity index (χ1v) is 28.6. The predicted molar refractivity (Wildman–Crippen MR) is 269 cm³/mol. The second-order valence-corrected chi connectivity index (χ2v) is 24.6. The van der Waals surface area contributed by atoms with Gasteiger partial charge in [-0.1, -0.05) is 38.5 Å². The van der Waals surface area contributed by atoms with Crippen LogP contribution in [0.1, 0.15) is 130 Å². The molecule has 1 rings (SSSR count). The number of nitrogens with zero attached hydrogens (tertiary/aromatic N) is 3. The molecular weight excluding hydrogens is 915 g/mol. The van der Waals surface area contributed by atoms with E-state index in [1.54, 1.807) is 42.7 Å². The SMILES string of the molecule is CO[Si](CCCNC(=O)NCCCCCCNC(=O)N(CCCCCCNC(=O)NCCC[Si](OC)(OC)OC)C(=O)NCCCCCCN=COOC1CC(C)(C)N(C)C(C)(C)C1)(OC)OC. The van der Waals surface area contributed by atoms with Crippen LogP contribution in [-0.2, 0) is 36.3 Å². The van der Waals surface area contributed by atoms with E-state index in [1.807, 2.05) is 0 Å². The first-order valence-electron chi connectivity index (χ1n) is 24.7. The van der Waals surface area contributed by atoms with Crippen molar-refractivity contribution in [2.45, 2.75) is 160 Å². The average Bonchev–Trinajstić information content (AvgIpc) is 3.31. The summed E-state index contributed by atoms with van der Waals surface area (Å²) < 4.78 is 32.5. The summed E-state index contributed by atoms with van der Waals surface area (Å²) in [5.74, 6) is 0. The van der Waals surface area contributed by atoms with E-state index in [0.29, 0.717) is 77.2 Å². The Kier molecular flexibility index (Phi) is 33.2. The molecule has 0 aliphatic carbocycles. The van der Waals surface area contributed by atoms with Crippen molar-refractivity contribution in [2.75, 3.05) is 102 Å². The Labute approximate surface area is 410 Å². The highest BCUT2D eigenvalue weighted by Crippen LogP contribution is 2.38. The van der Waals surface area contributed by atoms with Crippen LogP contribution in [0.2, 0.25) is 12.1 Å². The minimum absolute atomic E-state index is 0.000631. The summed E-state index contributed by atoms with van der Waals surface area (Å²) in [7, 11) is 6.24. The van der Waals surface area contributed by atoms with E-state index in [9.17, 15) is 19.2 Å². The molecular formula is C45H93N9O12Si2. The number of rotatable bonds is 38. The molecule has 0 radical (unpaired) electrons. The first-order chi connectivity index (χ1) is 32.5. The number of hydrogen-bond donors (Lipinski definition) is 6. The Morgan fingerprint density at radius 2 is 0.897 bits per heavy atom. The fourth-order valence-corrected chi connectivity index (χ4v) is 11.5. The monoisotopic (exact) mass is 1010 g/mol. The third kappa shape index (κ3) is 26.2. The van der Waals surface area contributed by atoms with Gasteiger partial charge in [-0.05, 0) is 99.0 Å². The lowest BCUT2D eigenvalue weighted by atomic mass is 9.79. The highest BCUT2D eigenvalue weighted by atomic mass is 28.4. The zero-order valence-corrected chi connectivity index (χ0v) is 45.8. The Morgan fingerprint density at radius 3 is 1.29 bits per heavy atom. The zero-order valence-electron chi connectivity index (χ0n) is 43.8. The van der Waals surface area contributed by atoms with Crippen molar-refractivity contribution >= 4 is 48.1 Å². The van der Waals surface area contributed by atoms with Crippen molar-refractivity contribution < 1.29 is 55.5 Å². The highest BCUT2D eigenvalue weighted by Gasteiger charge is 2.44. The van der Waals surface area contributed by atoms with Crippen LogP contribution >= 0.6 is 0 Å². The van der Waals surface area contributed by atoms with Crippen molar-refractivity contribution in [2.24, 2.45) is 4.99 Å². The number of amides is 8. The third-order valence-corrected chi connectivity index (χ3v) is 18.2. The molecule has 6 N–H and O–H groups in total. The van der Waals surface area contributed by atoms with Crippen LogP contribution in [0, 0.1) is 0 Å². The van der Waals surface area contributed by atoms with Crippen molar-refractivity contribution in [1.82, 2.24) is 41.7 Å². The van der Waals surface area contributed by atoms with Crippen molar-refractivity contribution in [3.8, 4) is 0 Å². The smallest absolute Gasteiger partial charge is 0.377 e. The number of carbonyl (C=O) groups is 4. The summed E-state index contributed by atoms with van der Waals surface area (Å²) in [5, 5.41) is 17.3. The highest BCUT2D eigenvalue weighted by molar-refractivity contribution is 6.60. The summed E-state index contributed by atoms with van der Waals surface area (Å²) in [6, 6.07) is -0.103. The molecule has 0 aromatic rings. The normalized spacial score (nSPS) is 15.2. The number of carbonyl (C=O) groups excluding carboxylic acids is 4. The van der Waals surface area contributed by atoms with Gasteiger partial charge in [-0.3, -0.25) is 9.89 Å². The van der Waals surface area contributed by atoms with Crippen LogP contribution in [0.4, 0.5) is 19.2 Å². The Morgan fingerprint density at radius 1 is 0.544 bits per heavy atom. The van der Waals surface area contributed by atoms with E-state index in [-0.39, 0.29) is 35.8 Å². The molecule has 0 aromatic heterocycles. The fourth-order valence-electron chi connectivity index (χ4n) is 8.10.